The van der Waals surface area contributed by atoms with Crippen LogP contribution in [-0.2, 0) is 4.43 Å². The van der Waals surface area contributed by atoms with E-state index >= 15 is 0 Å². The molecule has 0 rings (SSSR count). The molecule has 0 aliphatic rings. The van der Waals surface area contributed by atoms with E-state index in [4.69, 9.17) is 15.3 Å². The Balaban J connectivity index is 0. The van der Waals surface area contributed by atoms with Crippen molar-refractivity contribution in [1.29, 1.82) is 0 Å². The molecule has 0 aromatic carbocycles. The monoisotopic (exact) mass is 236 g/mol. The molecule has 0 saturated heterocycles. The second-order valence-corrected chi connectivity index (χ2v) is 8.68. The van der Waals surface area contributed by atoms with E-state index in [1.807, 2.05) is 0 Å². The Bertz CT molecular complexity index is 118. The van der Waals surface area contributed by atoms with Crippen molar-refractivity contribution < 1.29 is 9.53 Å². The second kappa shape index (κ2) is 12.1. The number of aliphatic hydroxyl groups is 1. The maximum atomic E-state index is 7.57. The first-order chi connectivity index (χ1) is 6.97. The molecular weight excluding hydrogens is 208 g/mol. The lowest BCUT2D eigenvalue weighted by molar-refractivity contribution is 0.302. The van der Waals surface area contributed by atoms with E-state index in [2.05, 4.69) is 25.0 Å². The summed E-state index contributed by atoms with van der Waals surface area (Å²) in [4.78, 5) is 0. The van der Waals surface area contributed by atoms with Crippen molar-refractivity contribution in [1.82, 2.24) is 5.32 Å². The third-order valence-corrected chi connectivity index (χ3v) is 2.42. The number of hydrogen-bond acceptors (Lipinski definition) is 4. The molecule has 15 heavy (non-hydrogen) atoms. The van der Waals surface area contributed by atoms with Gasteiger partial charge in [0, 0.05) is 26.3 Å². The quantitative estimate of drug-likeness (QED) is 0.451. The fraction of sp³-hybridized carbons (Fsp3) is 1.00. The Labute approximate surface area is 95.3 Å². The molecule has 4 N–H and O–H groups in total. The fourth-order valence-corrected chi connectivity index (χ4v) is 1.56. The molecule has 0 unspecified atom stereocenters. The van der Waals surface area contributed by atoms with Crippen LogP contribution in [0.25, 0.3) is 0 Å². The molecule has 5 heteroatoms. The highest BCUT2D eigenvalue weighted by molar-refractivity contribution is 6.69. The molecule has 0 aromatic heterocycles. The Morgan fingerprint density at radius 2 is 1.80 bits per heavy atom. The van der Waals surface area contributed by atoms with Crippen LogP contribution in [0.15, 0.2) is 0 Å². The normalized spacial score (nSPS) is 10.8. The zero-order valence-electron chi connectivity index (χ0n) is 10.7. The van der Waals surface area contributed by atoms with Crippen molar-refractivity contribution in [3.8, 4) is 0 Å². The van der Waals surface area contributed by atoms with E-state index in [0.29, 0.717) is 0 Å². The largest absolute Gasteiger partial charge is 0.418 e. The van der Waals surface area contributed by atoms with E-state index in [-0.39, 0.29) is 6.61 Å². The highest BCUT2D eigenvalue weighted by Crippen LogP contribution is 2.02. The van der Waals surface area contributed by atoms with Gasteiger partial charge >= 0.3 is 0 Å². The number of hydrogen-bond donors (Lipinski definition) is 3. The number of nitrogens with one attached hydrogen (secondary N) is 1. The van der Waals surface area contributed by atoms with Gasteiger partial charge in [0.25, 0.3) is 0 Å². The molecule has 0 heterocycles. The summed E-state index contributed by atoms with van der Waals surface area (Å²) < 4.78 is 5.68. The van der Waals surface area contributed by atoms with Gasteiger partial charge in [-0.25, -0.2) is 0 Å². The summed E-state index contributed by atoms with van der Waals surface area (Å²) in [6.07, 6.45) is 1.09. The molecule has 0 aromatic rings. The minimum atomic E-state index is -1.28. The smallest absolute Gasteiger partial charge is 0.183 e. The van der Waals surface area contributed by atoms with Crippen molar-refractivity contribution in [2.45, 2.75) is 33.0 Å². The maximum absolute atomic E-state index is 7.57. The highest BCUT2D eigenvalue weighted by Gasteiger charge is 2.12. The van der Waals surface area contributed by atoms with Crippen LogP contribution in [0.1, 0.15) is 13.3 Å². The van der Waals surface area contributed by atoms with E-state index in [1.54, 1.807) is 6.92 Å². The molecule has 0 aliphatic carbocycles. The van der Waals surface area contributed by atoms with Gasteiger partial charge in [-0.1, -0.05) is 0 Å². The molecule has 0 amide bonds. The lowest BCUT2D eigenvalue weighted by atomic mass is 10.4. The minimum Gasteiger partial charge on any atom is -0.418 e. The van der Waals surface area contributed by atoms with Gasteiger partial charge in [-0.3, -0.25) is 0 Å². The van der Waals surface area contributed by atoms with E-state index in [1.165, 1.54) is 0 Å². The molecule has 0 atom stereocenters. The Morgan fingerprint density at radius 1 is 1.27 bits per heavy atom. The summed E-state index contributed by atoms with van der Waals surface area (Å²) in [6, 6.07) is 0. The first-order valence-electron chi connectivity index (χ1n) is 5.63. The lowest BCUT2D eigenvalue weighted by Crippen LogP contribution is -2.28. The Morgan fingerprint density at radius 3 is 2.20 bits per heavy atom. The lowest BCUT2D eigenvalue weighted by Gasteiger charge is -2.16. The molecule has 0 saturated carbocycles. The third kappa shape index (κ3) is 24.9. The number of rotatable bonds is 7. The van der Waals surface area contributed by atoms with Crippen LogP contribution in [0, 0.1) is 0 Å². The molecule has 0 aliphatic heterocycles. The van der Waals surface area contributed by atoms with E-state index in [0.717, 1.165) is 32.7 Å². The molecule has 0 radical (unpaired) electrons. The van der Waals surface area contributed by atoms with Crippen LogP contribution >= 0.6 is 0 Å². The summed E-state index contributed by atoms with van der Waals surface area (Å²) >= 11 is 0. The SMILES string of the molecule is CCO.C[Si](C)(C)OCCCNCCN. The van der Waals surface area contributed by atoms with Crippen molar-refractivity contribution in [3.63, 3.8) is 0 Å². The average molecular weight is 236 g/mol. The van der Waals surface area contributed by atoms with E-state index < -0.39 is 8.32 Å². The van der Waals surface area contributed by atoms with Crippen LogP contribution in [0.4, 0.5) is 0 Å². The van der Waals surface area contributed by atoms with Crippen LogP contribution in [-0.4, -0.2) is 46.3 Å². The molecule has 0 spiro atoms. The standard InChI is InChI=1S/C8H22N2OSi.C2H6O/c1-12(2,3)11-8-4-6-10-7-5-9;1-2-3/h10H,4-9H2,1-3H3;3H,2H2,1H3. The average Bonchev–Trinajstić information content (AvgIpc) is 2.11. The summed E-state index contributed by atoms with van der Waals surface area (Å²) in [5.74, 6) is 0. The zero-order chi connectivity index (χ0) is 12.2. The van der Waals surface area contributed by atoms with Crippen molar-refractivity contribution in [3.05, 3.63) is 0 Å². The van der Waals surface area contributed by atoms with Crippen molar-refractivity contribution in [2.24, 2.45) is 5.73 Å². The third-order valence-electron chi connectivity index (χ3n) is 1.35. The summed E-state index contributed by atoms with van der Waals surface area (Å²) in [5, 5.41) is 10.8. The topological polar surface area (TPSA) is 67.5 Å². The second-order valence-electron chi connectivity index (χ2n) is 4.17. The fourth-order valence-electron chi connectivity index (χ4n) is 0.803. The van der Waals surface area contributed by atoms with E-state index in [9.17, 15) is 0 Å². The van der Waals surface area contributed by atoms with Gasteiger partial charge in [0.1, 0.15) is 0 Å². The molecule has 0 bridgehead atoms. The maximum Gasteiger partial charge on any atom is 0.183 e. The zero-order valence-corrected chi connectivity index (χ0v) is 11.7. The van der Waals surface area contributed by atoms with Gasteiger partial charge in [0.15, 0.2) is 8.32 Å². The van der Waals surface area contributed by atoms with Gasteiger partial charge in [-0.15, -0.1) is 0 Å². The first kappa shape index (κ1) is 17.5. The Kier molecular flexibility index (Phi) is 14.1. The molecule has 0 fully saturated rings. The van der Waals surface area contributed by atoms with Crippen LogP contribution in [0.3, 0.4) is 0 Å². The summed E-state index contributed by atoms with van der Waals surface area (Å²) in [5.41, 5.74) is 5.33. The molecule has 4 nitrogen and oxygen atoms in total. The van der Waals surface area contributed by atoms with Gasteiger partial charge in [0.05, 0.1) is 0 Å². The van der Waals surface area contributed by atoms with Crippen LogP contribution in [0.5, 0.6) is 0 Å². The molecular formula is C10H28N2O2Si. The summed E-state index contributed by atoms with van der Waals surface area (Å²) in [7, 11) is -1.28. The minimum absolute atomic E-state index is 0.250. The van der Waals surface area contributed by atoms with Crippen LogP contribution < -0.4 is 11.1 Å². The first-order valence-corrected chi connectivity index (χ1v) is 9.04. The molecule has 94 valence electrons. The van der Waals surface area contributed by atoms with Gasteiger partial charge in [-0.05, 0) is 39.5 Å². The predicted molar refractivity (Wildman–Crippen MR) is 68.6 cm³/mol. The number of aliphatic hydroxyl groups excluding tert-OH is 1. The number of nitrogens with two attached hydrogens (primary N) is 1. The van der Waals surface area contributed by atoms with Gasteiger partial charge in [-0.2, -0.15) is 0 Å². The van der Waals surface area contributed by atoms with Crippen LogP contribution in [0.2, 0.25) is 19.6 Å². The summed E-state index contributed by atoms with van der Waals surface area (Å²) in [6.45, 7) is 12.1. The predicted octanol–water partition coefficient (Wildman–Crippen LogP) is 0.775. The van der Waals surface area contributed by atoms with Gasteiger partial charge in [0.2, 0.25) is 0 Å². The highest BCUT2D eigenvalue weighted by atomic mass is 28.4. The van der Waals surface area contributed by atoms with Crippen molar-refractivity contribution in [2.75, 3.05) is 32.8 Å². The Hall–Kier alpha value is 0.0569. The van der Waals surface area contributed by atoms with Crippen molar-refractivity contribution >= 4 is 8.32 Å². The van der Waals surface area contributed by atoms with Gasteiger partial charge < -0.3 is 20.6 Å².